The van der Waals surface area contributed by atoms with Crippen LogP contribution in [-0.4, -0.2) is 18.5 Å². The molecular weight excluding hydrogens is 158 g/mol. The summed E-state index contributed by atoms with van der Waals surface area (Å²) in [5.41, 5.74) is 0. The number of halogens is 1. The quantitative estimate of drug-likeness (QED) is 0.466. The van der Waals surface area contributed by atoms with Gasteiger partial charge in [0, 0.05) is 11.9 Å². The van der Waals surface area contributed by atoms with Crippen LogP contribution in [0.5, 0.6) is 0 Å². The van der Waals surface area contributed by atoms with Crippen molar-refractivity contribution in [2.75, 3.05) is 12.4 Å². The van der Waals surface area contributed by atoms with Crippen LogP contribution in [0.4, 0.5) is 0 Å². The number of hydrogen-bond donors (Lipinski definition) is 1. The van der Waals surface area contributed by atoms with E-state index in [0.717, 1.165) is 18.8 Å². The molecule has 2 heteroatoms. The van der Waals surface area contributed by atoms with Gasteiger partial charge in [0.15, 0.2) is 0 Å². The molecule has 1 nitrogen and oxygen atoms in total. The molecule has 0 radical (unpaired) electrons. The van der Waals surface area contributed by atoms with E-state index >= 15 is 0 Å². The molecule has 0 aromatic rings. The van der Waals surface area contributed by atoms with E-state index in [9.17, 15) is 0 Å². The summed E-state index contributed by atoms with van der Waals surface area (Å²) in [5, 5.41) is 3.43. The van der Waals surface area contributed by atoms with Crippen molar-refractivity contribution in [1.82, 2.24) is 5.32 Å². The third-order valence-corrected chi connectivity index (χ3v) is 2.03. The largest absolute Gasteiger partial charge is 0.314 e. The molecule has 1 N–H and O–H groups in total. The highest BCUT2D eigenvalue weighted by Crippen LogP contribution is 1.95. The van der Waals surface area contributed by atoms with Gasteiger partial charge in [0.1, 0.15) is 0 Å². The fraction of sp³-hybridized carbons (Fsp3) is 1.00. The molecule has 0 aromatic heterocycles. The van der Waals surface area contributed by atoms with Gasteiger partial charge in [0.2, 0.25) is 0 Å². The molecule has 1 atom stereocenters. The lowest BCUT2D eigenvalue weighted by molar-refractivity contribution is 0.516. The van der Waals surface area contributed by atoms with Crippen LogP contribution < -0.4 is 5.32 Å². The van der Waals surface area contributed by atoms with Gasteiger partial charge in [-0.15, -0.1) is 11.6 Å². The zero-order valence-electron chi connectivity index (χ0n) is 7.70. The van der Waals surface area contributed by atoms with Gasteiger partial charge in [0.05, 0.1) is 0 Å². The summed E-state index contributed by atoms with van der Waals surface area (Å²) >= 11 is 5.60. The lowest BCUT2D eigenvalue weighted by Crippen LogP contribution is -2.27. The van der Waals surface area contributed by atoms with Crippen molar-refractivity contribution in [3.05, 3.63) is 0 Å². The molecule has 0 aliphatic carbocycles. The minimum Gasteiger partial charge on any atom is -0.314 e. The third-order valence-electron chi connectivity index (χ3n) is 1.82. The van der Waals surface area contributed by atoms with E-state index in [1.54, 1.807) is 0 Å². The van der Waals surface area contributed by atoms with Crippen LogP contribution in [0.3, 0.4) is 0 Å². The number of unbranched alkanes of at least 4 members (excludes halogenated alkanes) is 2. The highest BCUT2D eigenvalue weighted by atomic mass is 35.5. The van der Waals surface area contributed by atoms with Crippen LogP contribution in [0, 0.1) is 0 Å². The molecule has 0 bridgehead atoms. The Kier molecular flexibility index (Phi) is 8.54. The van der Waals surface area contributed by atoms with Crippen LogP contribution in [0.2, 0.25) is 0 Å². The summed E-state index contributed by atoms with van der Waals surface area (Å²) in [5.74, 6) is 0.766. The number of rotatable bonds is 7. The first-order chi connectivity index (χ1) is 5.31. The summed E-state index contributed by atoms with van der Waals surface area (Å²) in [4.78, 5) is 0. The molecule has 0 saturated heterocycles. The van der Waals surface area contributed by atoms with Gasteiger partial charge in [-0.25, -0.2) is 0 Å². The van der Waals surface area contributed by atoms with Crippen molar-refractivity contribution in [1.29, 1.82) is 0 Å². The van der Waals surface area contributed by atoms with Gasteiger partial charge < -0.3 is 5.32 Å². The molecule has 68 valence electrons. The predicted molar refractivity (Wildman–Crippen MR) is 52.3 cm³/mol. The van der Waals surface area contributed by atoms with Crippen molar-refractivity contribution < 1.29 is 0 Å². The van der Waals surface area contributed by atoms with E-state index in [1.807, 2.05) is 0 Å². The minimum atomic E-state index is 0.587. The van der Waals surface area contributed by atoms with Gasteiger partial charge in [-0.3, -0.25) is 0 Å². The normalized spacial score (nSPS) is 13.4. The first-order valence-corrected chi connectivity index (χ1v) is 5.14. The van der Waals surface area contributed by atoms with E-state index in [2.05, 4.69) is 19.2 Å². The zero-order valence-corrected chi connectivity index (χ0v) is 8.45. The molecule has 1 unspecified atom stereocenters. The first kappa shape index (κ1) is 11.2. The second kappa shape index (κ2) is 8.35. The van der Waals surface area contributed by atoms with E-state index in [0.29, 0.717) is 6.04 Å². The maximum Gasteiger partial charge on any atom is 0.0238 e. The summed E-state index contributed by atoms with van der Waals surface area (Å²) in [6, 6.07) is 0.587. The Morgan fingerprint density at radius 3 is 2.64 bits per heavy atom. The maximum absolute atomic E-state index is 5.60. The Morgan fingerprint density at radius 2 is 2.09 bits per heavy atom. The van der Waals surface area contributed by atoms with Gasteiger partial charge in [0.25, 0.3) is 0 Å². The molecular formula is C9H20ClN. The average molecular weight is 178 g/mol. The Balaban J connectivity index is 2.97. The first-order valence-electron chi connectivity index (χ1n) is 4.60. The third kappa shape index (κ3) is 8.15. The van der Waals surface area contributed by atoms with Crippen LogP contribution in [0.25, 0.3) is 0 Å². The average Bonchev–Trinajstić information content (AvgIpc) is 1.99. The highest BCUT2D eigenvalue weighted by Gasteiger charge is 1.97. The topological polar surface area (TPSA) is 12.0 Å². The molecule has 0 amide bonds. The summed E-state index contributed by atoms with van der Waals surface area (Å²) < 4.78 is 0. The van der Waals surface area contributed by atoms with E-state index in [1.165, 1.54) is 19.3 Å². The SMILES string of the molecule is CCCCCNC(C)CCCl. The summed E-state index contributed by atoms with van der Waals surface area (Å²) in [7, 11) is 0. The Bertz CT molecular complexity index is 76.0. The van der Waals surface area contributed by atoms with E-state index < -0.39 is 0 Å². The molecule has 0 heterocycles. The summed E-state index contributed by atoms with van der Waals surface area (Å²) in [6.07, 6.45) is 5.00. The molecule has 0 rings (SSSR count). The minimum absolute atomic E-state index is 0.587. The Morgan fingerprint density at radius 1 is 1.36 bits per heavy atom. The number of nitrogens with one attached hydrogen (secondary N) is 1. The van der Waals surface area contributed by atoms with E-state index in [-0.39, 0.29) is 0 Å². The highest BCUT2D eigenvalue weighted by molar-refractivity contribution is 6.17. The molecule has 0 aliphatic heterocycles. The van der Waals surface area contributed by atoms with Crippen molar-refractivity contribution >= 4 is 11.6 Å². The monoisotopic (exact) mass is 177 g/mol. The molecule has 0 spiro atoms. The van der Waals surface area contributed by atoms with Crippen LogP contribution >= 0.6 is 11.6 Å². The van der Waals surface area contributed by atoms with Gasteiger partial charge in [-0.05, 0) is 26.3 Å². The Labute approximate surface area is 75.5 Å². The fourth-order valence-electron chi connectivity index (χ4n) is 0.989. The number of alkyl halides is 1. The van der Waals surface area contributed by atoms with Crippen LogP contribution in [-0.2, 0) is 0 Å². The van der Waals surface area contributed by atoms with Crippen molar-refractivity contribution in [2.24, 2.45) is 0 Å². The second-order valence-electron chi connectivity index (χ2n) is 3.04. The summed E-state index contributed by atoms with van der Waals surface area (Å²) in [6.45, 7) is 5.56. The van der Waals surface area contributed by atoms with Crippen LogP contribution in [0.15, 0.2) is 0 Å². The Hall–Kier alpha value is 0.250. The molecule has 0 aliphatic rings. The number of hydrogen-bond acceptors (Lipinski definition) is 1. The van der Waals surface area contributed by atoms with Crippen molar-refractivity contribution in [2.45, 2.75) is 45.6 Å². The van der Waals surface area contributed by atoms with Gasteiger partial charge in [-0.2, -0.15) is 0 Å². The molecule has 0 saturated carbocycles. The fourth-order valence-corrected chi connectivity index (χ4v) is 1.32. The standard InChI is InChI=1S/C9H20ClN/c1-3-4-5-8-11-9(2)6-7-10/h9,11H,3-8H2,1-2H3. The van der Waals surface area contributed by atoms with Crippen molar-refractivity contribution in [3.63, 3.8) is 0 Å². The molecule has 0 aromatic carbocycles. The van der Waals surface area contributed by atoms with E-state index in [4.69, 9.17) is 11.6 Å². The van der Waals surface area contributed by atoms with Gasteiger partial charge >= 0.3 is 0 Å². The lowest BCUT2D eigenvalue weighted by Gasteiger charge is -2.11. The molecule has 11 heavy (non-hydrogen) atoms. The second-order valence-corrected chi connectivity index (χ2v) is 3.42. The van der Waals surface area contributed by atoms with Gasteiger partial charge in [-0.1, -0.05) is 19.8 Å². The predicted octanol–water partition coefficient (Wildman–Crippen LogP) is 2.78. The smallest absolute Gasteiger partial charge is 0.0238 e. The lowest BCUT2D eigenvalue weighted by atomic mass is 10.2. The zero-order chi connectivity index (χ0) is 8.53. The van der Waals surface area contributed by atoms with Crippen molar-refractivity contribution in [3.8, 4) is 0 Å². The maximum atomic E-state index is 5.60. The van der Waals surface area contributed by atoms with Crippen LogP contribution in [0.1, 0.15) is 39.5 Å². The molecule has 0 fully saturated rings.